The predicted molar refractivity (Wildman–Crippen MR) is 109 cm³/mol. The summed E-state index contributed by atoms with van der Waals surface area (Å²) in [4.78, 5) is 15.5. The Bertz CT molecular complexity index is 904. The number of rotatable bonds is 6. The molecule has 6 heteroatoms. The number of thiophene rings is 1. The lowest BCUT2D eigenvalue weighted by molar-refractivity contribution is 0.0322. The van der Waals surface area contributed by atoms with Crippen LogP contribution >= 0.6 is 11.3 Å². The van der Waals surface area contributed by atoms with Crippen molar-refractivity contribution in [2.24, 2.45) is 0 Å². The summed E-state index contributed by atoms with van der Waals surface area (Å²) in [5.74, 6) is 0.751. The summed E-state index contributed by atoms with van der Waals surface area (Å²) >= 11 is 1.49. The van der Waals surface area contributed by atoms with Crippen molar-refractivity contribution >= 4 is 33.0 Å². The van der Waals surface area contributed by atoms with Crippen molar-refractivity contribution in [1.29, 1.82) is 0 Å². The standard InChI is InChI=1S/C21H22N2O3S/c24-21(22-17-4-2-1-3-5-17)20-15-16-14-18(6-7-19(16)27-20)26-13-10-23-8-11-25-12-9-23/h1-7,14-15H,8-13H2,(H,22,24). The van der Waals surface area contributed by atoms with Gasteiger partial charge in [0, 0.05) is 30.0 Å². The minimum atomic E-state index is -0.0859. The molecule has 1 aliphatic heterocycles. The van der Waals surface area contributed by atoms with Gasteiger partial charge in [0.2, 0.25) is 0 Å². The van der Waals surface area contributed by atoms with Gasteiger partial charge < -0.3 is 14.8 Å². The summed E-state index contributed by atoms with van der Waals surface area (Å²) in [6, 6.07) is 17.4. The van der Waals surface area contributed by atoms with Crippen LogP contribution in [0, 0.1) is 0 Å². The van der Waals surface area contributed by atoms with E-state index < -0.39 is 0 Å². The highest BCUT2D eigenvalue weighted by Crippen LogP contribution is 2.29. The summed E-state index contributed by atoms with van der Waals surface area (Å²) in [6.45, 7) is 5.08. The summed E-state index contributed by atoms with van der Waals surface area (Å²) < 4.78 is 12.3. The third kappa shape index (κ3) is 4.66. The van der Waals surface area contributed by atoms with E-state index in [2.05, 4.69) is 10.2 Å². The molecular formula is C21H22N2O3S. The summed E-state index contributed by atoms with van der Waals surface area (Å²) in [5, 5.41) is 3.96. The Hall–Kier alpha value is -2.41. The fraction of sp³-hybridized carbons (Fsp3) is 0.286. The molecule has 5 nitrogen and oxygen atoms in total. The van der Waals surface area contributed by atoms with Crippen molar-refractivity contribution in [3.63, 3.8) is 0 Å². The minimum Gasteiger partial charge on any atom is -0.492 e. The third-order valence-electron chi connectivity index (χ3n) is 4.52. The molecule has 1 saturated heterocycles. The Kier molecular flexibility index (Phi) is 5.67. The molecule has 140 valence electrons. The molecule has 1 amide bonds. The number of nitrogens with zero attached hydrogens (tertiary/aromatic N) is 1. The third-order valence-corrected chi connectivity index (χ3v) is 5.64. The lowest BCUT2D eigenvalue weighted by atomic mass is 10.2. The van der Waals surface area contributed by atoms with Gasteiger partial charge in [-0.2, -0.15) is 0 Å². The minimum absolute atomic E-state index is 0.0859. The summed E-state index contributed by atoms with van der Waals surface area (Å²) in [5.41, 5.74) is 0.798. The van der Waals surface area contributed by atoms with Crippen LogP contribution in [0.25, 0.3) is 10.1 Å². The number of nitrogens with one attached hydrogen (secondary N) is 1. The van der Waals surface area contributed by atoms with Gasteiger partial charge in [-0.05, 0) is 41.8 Å². The van der Waals surface area contributed by atoms with Crippen LogP contribution in [0.2, 0.25) is 0 Å². The number of carbonyl (C=O) groups is 1. The van der Waals surface area contributed by atoms with E-state index in [9.17, 15) is 4.79 Å². The van der Waals surface area contributed by atoms with Crippen molar-refractivity contribution in [3.8, 4) is 5.75 Å². The van der Waals surface area contributed by atoms with Crippen LogP contribution in [0.1, 0.15) is 9.67 Å². The highest BCUT2D eigenvalue weighted by molar-refractivity contribution is 7.20. The number of benzene rings is 2. The molecule has 1 N–H and O–H groups in total. The van der Waals surface area contributed by atoms with E-state index in [-0.39, 0.29) is 5.91 Å². The molecule has 0 unspecified atom stereocenters. The van der Waals surface area contributed by atoms with Crippen molar-refractivity contribution in [3.05, 3.63) is 59.5 Å². The number of fused-ring (bicyclic) bond motifs is 1. The number of carbonyl (C=O) groups excluding carboxylic acids is 1. The molecule has 27 heavy (non-hydrogen) atoms. The van der Waals surface area contributed by atoms with E-state index in [1.54, 1.807) is 0 Å². The van der Waals surface area contributed by atoms with Crippen LogP contribution in [-0.2, 0) is 4.74 Å². The number of amides is 1. The largest absolute Gasteiger partial charge is 0.492 e. The molecule has 1 aliphatic rings. The zero-order valence-electron chi connectivity index (χ0n) is 15.0. The molecule has 2 heterocycles. The van der Waals surface area contributed by atoms with Gasteiger partial charge in [0.1, 0.15) is 12.4 Å². The quantitative estimate of drug-likeness (QED) is 0.703. The lowest BCUT2D eigenvalue weighted by Crippen LogP contribution is -2.38. The summed E-state index contributed by atoms with van der Waals surface area (Å²) in [6.07, 6.45) is 0. The van der Waals surface area contributed by atoms with Gasteiger partial charge in [0.25, 0.3) is 5.91 Å². The fourth-order valence-electron chi connectivity index (χ4n) is 3.05. The van der Waals surface area contributed by atoms with E-state index in [4.69, 9.17) is 9.47 Å². The maximum absolute atomic E-state index is 12.5. The zero-order valence-corrected chi connectivity index (χ0v) is 15.8. The molecule has 1 fully saturated rings. The first kappa shape index (κ1) is 18.0. The molecule has 0 radical (unpaired) electrons. The predicted octanol–water partition coefficient (Wildman–Crippen LogP) is 3.86. The Morgan fingerprint density at radius 1 is 1.11 bits per heavy atom. The van der Waals surface area contributed by atoms with Crippen molar-refractivity contribution in [1.82, 2.24) is 4.90 Å². The highest BCUT2D eigenvalue weighted by atomic mass is 32.1. The lowest BCUT2D eigenvalue weighted by Gasteiger charge is -2.26. The molecule has 4 rings (SSSR count). The molecular weight excluding hydrogens is 360 g/mol. The van der Waals surface area contributed by atoms with Crippen molar-refractivity contribution in [2.45, 2.75) is 0 Å². The number of hydrogen-bond acceptors (Lipinski definition) is 5. The Labute approximate surface area is 162 Å². The van der Waals surface area contributed by atoms with Gasteiger partial charge in [-0.3, -0.25) is 9.69 Å². The van der Waals surface area contributed by atoms with Gasteiger partial charge in [-0.1, -0.05) is 18.2 Å². The Morgan fingerprint density at radius 2 is 1.93 bits per heavy atom. The smallest absolute Gasteiger partial charge is 0.265 e. The first-order valence-electron chi connectivity index (χ1n) is 9.11. The highest BCUT2D eigenvalue weighted by Gasteiger charge is 2.12. The normalized spacial score (nSPS) is 15.0. The monoisotopic (exact) mass is 382 g/mol. The second-order valence-corrected chi connectivity index (χ2v) is 7.52. The first-order chi connectivity index (χ1) is 13.3. The number of morpholine rings is 1. The SMILES string of the molecule is O=C(Nc1ccccc1)c1cc2cc(OCCN3CCOCC3)ccc2s1. The zero-order chi connectivity index (χ0) is 18.5. The molecule has 0 saturated carbocycles. The van der Waals surface area contributed by atoms with Crippen LogP contribution in [0.5, 0.6) is 5.75 Å². The molecule has 3 aromatic rings. The van der Waals surface area contributed by atoms with Crippen molar-refractivity contribution < 1.29 is 14.3 Å². The van der Waals surface area contributed by atoms with E-state index in [0.717, 1.165) is 54.4 Å². The number of ether oxygens (including phenoxy) is 2. The van der Waals surface area contributed by atoms with E-state index in [0.29, 0.717) is 11.5 Å². The van der Waals surface area contributed by atoms with Crippen LogP contribution < -0.4 is 10.1 Å². The molecule has 0 spiro atoms. The second-order valence-electron chi connectivity index (χ2n) is 6.43. The van der Waals surface area contributed by atoms with Crippen molar-refractivity contribution in [2.75, 3.05) is 44.8 Å². The van der Waals surface area contributed by atoms with Gasteiger partial charge in [-0.25, -0.2) is 0 Å². The topological polar surface area (TPSA) is 50.8 Å². The Balaban J connectivity index is 1.38. The average Bonchev–Trinajstić information content (AvgIpc) is 3.13. The van der Waals surface area contributed by atoms with Crippen LogP contribution in [-0.4, -0.2) is 50.3 Å². The van der Waals surface area contributed by atoms with E-state index in [1.807, 2.05) is 54.6 Å². The van der Waals surface area contributed by atoms with Crippen LogP contribution in [0.15, 0.2) is 54.6 Å². The molecule has 0 atom stereocenters. The summed E-state index contributed by atoms with van der Waals surface area (Å²) in [7, 11) is 0. The number of hydrogen-bond donors (Lipinski definition) is 1. The van der Waals surface area contributed by atoms with Gasteiger partial charge in [-0.15, -0.1) is 11.3 Å². The maximum Gasteiger partial charge on any atom is 0.265 e. The molecule has 2 aromatic carbocycles. The fourth-order valence-corrected chi connectivity index (χ4v) is 3.99. The van der Waals surface area contributed by atoms with Crippen LogP contribution in [0.4, 0.5) is 5.69 Å². The Morgan fingerprint density at radius 3 is 2.74 bits per heavy atom. The second kappa shape index (κ2) is 8.52. The molecule has 1 aromatic heterocycles. The first-order valence-corrected chi connectivity index (χ1v) is 9.92. The maximum atomic E-state index is 12.5. The average molecular weight is 382 g/mol. The van der Waals surface area contributed by atoms with E-state index in [1.165, 1.54) is 11.3 Å². The van der Waals surface area contributed by atoms with Crippen LogP contribution in [0.3, 0.4) is 0 Å². The number of para-hydroxylation sites is 1. The van der Waals surface area contributed by atoms with Gasteiger partial charge in [0.15, 0.2) is 0 Å². The molecule has 0 aliphatic carbocycles. The molecule has 0 bridgehead atoms. The van der Waals surface area contributed by atoms with Gasteiger partial charge >= 0.3 is 0 Å². The van der Waals surface area contributed by atoms with E-state index >= 15 is 0 Å². The van der Waals surface area contributed by atoms with Gasteiger partial charge in [0.05, 0.1) is 18.1 Å². The number of anilines is 1.